The highest BCUT2D eigenvalue weighted by molar-refractivity contribution is 5.91. The first kappa shape index (κ1) is 26.7. The summed E-state index contributed by atoms with van der Waals surface area (Å²) in [5.41, 5.74) is 1.24. The van der Waals surface area contributed by atoms with Crippen molar-refractivity contribution in [3.63, 3.8) is 0 Å². The number of aliphatic hydroxyl groups excluding tert-OH is 1. The van der Waals surface area contributed by atoms with E-state index in [0.29, 0.717) is 25.2 Å². The number of hydrogen-bond acceptors (Lipinski definition) is 6. The molecular formula is C30H40N2O4. The summed E-state index contributed by atoms with van der Waals surface area (Å²) in [6.07, 6.45) is 7.34. The highest BCUT2D eigenvalue weighted by atomic mass is 16.5. The molecule has 2 saturated carbocycles. The van der Waals surface area contributed by atoms with Crippen LogP contribution in [0.5, 0.6) is 0 Å². The van der Waals surface area contributed by atoms with Gasteiger partial charge in [0.05, 0.1) is 19.8 Å². The van der Waals surface area contributed by atoms with Crippen molar-refractivity contribution in [2.24, 2.45) is 0 Å². The molecule has 194 valence electrons. The Bertz CT molecular complexity index is 977. The maximum Gasteiger partial charge on any atom is 0.157 e. The molecule has 2 unspecified atom stereocenters. The number of carbonyl (C=O) groups excluding carboxylic acids is 2. The first-order valence-electron chi connectivity index (χ1n) is 13.5. The summed E-state index contributed by atoms with van der Waals surface area (Å²) in [6, 6.07) is 20.2. The average Bonchev–Trinajstić information content (AvgIpc) is 2.95. The molecule has 6 nitrogen and oxygen atoms in total. The van der Waals surface area contributed by atoms with Crippen molar-refractivity contribution >= 4 is 11.6 Å². The lowest BCUT2D eigenvalue weighted by Crippen LogP contribution is -2.57. The zero-order valence-electron chi connectivity index (χ0n) is 21.3. The lowest BCUT2D eigenvalue weighted by atomic mass is 9.74. The standard InChI is InChI=1S/C16H21NO2.C14H19NO2/c18-15-8-4-5-9-16(15,14-6-2-1-3-7-14)17-10-12-19-13-11-17;16-11-10-15-14(9-5-4-8-13(14)17)12-6-2-1-3-7-12/h1-3,6-7H,4-5,8-13H2;1-3,6-7,15-16H,4-5,8-11H2. The summed E-state index contributed by atoms with van der Waals surface area (Å²) in [4.78, 5) is 27.4. The van der Waals surface area contributed by atoms with E-state index in [4.69, 9.17) is 9.84 Å². The number of hydrogen-bond donors (Lipinski definition) is 2. The van der Waals surface area contributed by atoms with Crippen LogP contribution >= 0.6 is 0 Å². The van der Waals surface area contributed by atoms with E-state index < -0.39 is 5.54 Å². The predicted molar refractivity (Wildman–Crippen MR) is 141 cm³/mol. The molecule has 1 saturated heterocycles. The molecule has 0 aromatic heterocycles. The Kier molecular flexibility index (Phi) is 9.43. The van der Waals surface area contributed by atoms with E-state index >= 15 is 0 Å². The molecule has 0 radical (unpaired) electrons. The molecule has 3 fully saturated rings. The predicted octanol–water partition coefficient (Wildman–Crippen LogP) is 3.96. The van der Waals surface area contributed by atoms with Crippen LogP contribution in [-0.2, 0) is 25.4 Å². The minimum atomic E-state index is -0.567. The van der Waals surface area contributed by atoms with Gasteiger partial charge in [0, 0.05) is 32.5 Å². The van der Waals surface area contributed by atoms with Gasteiger partial charge in [-0.15, -0.1) is 0 Å². The fourth-order valence-electron chi connectivity index (χ4n) is 6.11. The van der Waals surface area contributed by atoms with E-state index in [1.54, 1.807) is 0 Å². The van der Waals surface area contributed by atoms with E-state index in [0.717, 1.165) is 70.4 Å². The summed E-state index contributed by atoms with van der Waals surface area (Å²) in [6.45, 7) is 3.72. The summed E-state index contributed by atoms with van der Waals surface area (Å²) in [7, 11) is 0. The molecule has 2 aliphatic carbocycles. The van der Waals surface area contributed by atoms with Crippen molar-refractivity contribution in [3.05, 3.63) is 71.8 Å². The van der Waals surface area contributed by atoms with Gasteiger partial charge >= 0.3 is 0 Å². The van der Waals surface area contributed by atoms with Gasteiger partial charge in [-0.25, -0.2) is 0 Å². The van der Waals surface area contributed by atoms with Crippen LogP contribution in [0.3, 0.4) is 0 Å². The highest BCUT2D eigenvalue weighted by Crippen LogP contribution is 2.40. The molecule has 2 aromatic carbocycles. The van der Waals surface area contributed by atoms with Crippen molar-refractivity contribution < 1.29 is 19.4 Å². The van der Waals surface area contributed by atoms with Crippen LogP contribution < -0.4 is 5.32 Å². The van der Waals surface area contributed by atoms with E-state index in [1.165, 1.54) is 5.56 Å². The van der Waals surface area contributed by atoms with Crippen LogP contribution in [0, 0.1) is 0 Å². The molecular weight excluding hydrogens is 452 g/mol. The molecule has 1 heterocycles. The zero-order chi connectivity index (χ0) is 25.3. The van der Waals surface area contributed by atoms with Crippen molar-refractivity contribution in [1.82, 2.24) is 10.2 Å². The van der Waals surface area contributed by atoms with Gasteiger partial charge in [0.25, 0.3) is 0 Å². The average molecular weight is 493 g/mol. The number of aliphatic hydroxyl groups is 1. The third-order valence-electron chi connectivity index (χ3n) is 7.94. The fraction of sp³-hybridized carbons (Fsp3) is 0.533. The quantitative estimate of drug-likeness (QED) is 0.636. The molecule has 2 atom stereocenters. The molecule has 1 aliphatic heterocycles. The van der Waals surface area contributed by atoms with Crippen molar-refractivity contribution in [3.8, 4) is 0 Å². The minimum absolute atomic E-state index is 0.0574. The van der Waals surface area contributed by atoms with Crippen LogP contribution in [0.25, 0.3) is 0 Å². The molecule has 0 spiro atoms. The van der Waals surface area contributed by atoms with Gasteiger partial charge in [-0.3, -0.25) is 19.8 Å². The molecule has 2 aromatic rings. The van der Waals surface area contributed by atoms with Crippen LogP contribution in [0.15, 0.2) is 60.7 Å². The largest absolute Gasteiger partial charge is 0.395 e. The maximum atomic E-state index is 12.7. The van der Waals surface area contributed by atoms with Crippen molar-refractivity contribution in [2.45, 2.75) is 62.4 Å². The normalized spacial score (nSPS) is 27.2. The highest BCUT2D eigenvalue weighted by Gasteiger charge is 2.46. The molecule has 36 heavy (non-hydrogen) atoms. The van der Waals surface area contributed by atoms with Crippen LogP contribution in [0.4, 0.5) is 0 Å². The Balaban J connectivity index is 0.000000170. The molecule has 0 amide bonds. The monoisotopic (exact) mass is 492 g/mol. The molecule has 6 heteroatoms. The van der Waals surface area contributed by atoms with Crippen LogP contribution in [0.1, 0.15) is 62.5 Å². The van der Waals surface area contributed by atoms with Crippen molar-refractivity contribution in [1.29, 1.82) is 0 Å². The van der Waals surface area contributed by atoms with Gasteiger partial charge in [0.15, 0.2) is 11.6 Å². The number of benzene rings is 2. The second kappa shape index (κ2) is 12.7. The Morgan fingerprint density at radius 3 is 1.94 bits per heavy atom. The Morgan fingerprint density at radius 1 is 0.778 bits per heavy atom. The first-order chi connectivity index (χ1) is 17.6. The summed E-state index contributed by atoms with van der Waals surface area (Å²) >= 11 is 0. The SMILES string of the molecule is O=C1CCCCC1(NCCO)c1ccccc1.O=C1CCCCC1(c1ccccc1)N1CCOCC1. The number of morpholine rings is 1. The lowest BCUT2D eigenvalue weighted by molar-refractivity contribution is -0.139. The molecule has 5 rings (SSSR count). The maximum absolute atomic E-state index is 12.7. The summed E-state index contributed by atoms with van der Waals surface area (Å²) in [5.74, 6) is 0.648. The number of ether oxygens (including phenoxy) is 1. The third-order valence-corrected chi connectivity index (χ3v) is 7.94. The van der Waals surface area contributed by atoms with Crippen molar-refractivity contribution in [2.75, 3.05) is 39.5 Å². The minimum Gasteiger partial charge on any atom is -0.395 e. The number of ketones is 2. The van der Waals surface area contributed by atoms with Gasteiger partial charge in [-0.2, -0.15) is 0 Å². The van der Waals surface area contributed by atoms with E-state index in [9.17, 15) is 9.59 Å². The van der Waals surface area contributed by atoms with E-state index in [-0.39, 0.29) is 17.9 Å². The van der Waals surface area contributed by atoms with E-state index in [1.807, 2.05) is 48.5 Å². The number of rotatable bonds is 6. The number of nitrogens with one attached hydrogen (secondary N) is 1. The van der Waals surface area contributed by atoms with Crippen LogP contribution in [0.2, 0.25) is 0 Å². The molecule has 3 aliphatic rings. The number of Topliss-reactive ketones (excluding diaryl/α,β-unsaturated/α-hetero) is 2. The lowest BCUT2D eigenvalue weighted by Gasteiger charge is -2.47. The Morgan fingerprint density at radius 2 is 1.36 bits per heavy atom. The summed E-state index contributed by atoms with van der Waals surface area (Å²) in [5, 5.41) is 12.2. The van der Waals surface area contributed by atoms with E-state index in [2.05, 4.69) is 22.3 Å². The topological polar surface area (TPSA) is 78.9 Å². The molecule has 2 N–H and O–H groups in total. The van der Waals surface area contributed by atoms with Gasteiger partial charge in [0.2, 0.25) is 0 Å². The van der Waals surface area contributed by atoms with Gasteiger partial charge in [0.1, 0.15) is 11.1 Å². The smallest absolute Gasteiger partial charge is 0.157 e. The second-order valence-electron chi connectivity index (χ2n) is 10.0. The van der Waals surface area contributed by atoms with Gasteiger partial charge in [-0.05, 0) is 36.8 Å². The first-order valence-corrected chi connectivity index (χ1v) is 13.5. The number of nitrogens with zero attached hydrogens (tertiary/aromatic N) is 1. The zero-order valence-corrected chi connectivity index (χ0v) is 21.3. The Labute approximate surface area is 215 Å². The molecule has 0 bridgehead atoms. The van der Waals surface area contributed by atoms with Gasteiger partial charge < -0.3 is 9.84 Å². The fourth-order valence-corrected chi connectivity index (χ4v) is 6.11. The van der Waals surface area contributed by atoms with Crippen LogP contribution in [-0.4, -0.2) is 61.0 Å². The summed E-state index contributed by atoms with van der Waals surface area (Å²) < 4.78 is 5.45. The second-order valence-corrected chi connectivity index (χ2v) is 10.0. The Hall–Kier alpha value is -2.38. The van der Waals surface area contributed by atoms with Gasteiger partial charge in [-0.1, -0.05) is 73.5 Å². The third kappa shape index (κ3) is 5.62. The number of carbonyl (C=O) groups is 2.